The topological polar surface area (TPSA) is 115 Å². The molecule has 2 aliphatic rings. The van der Waals surface area contributed by atoms with E-state index in [1.165, 1.54) is 15.8 Å². The standard InChI is InChI=1S/C30H30F7N7O3/c1-28(2,29(32,33)34)27(46)43-14-20(15-43)17-9-18-10-21(39-40-24(18)12-17)5-3-4-8-44-16-25(41-42-44)26(45)38-13-19-11-22(6-7-23(19)31)47-30(35,36)37/h6-7,9-11,16,20H,3-5,8,12-15H2,1-2H3,(H,38,45). The third-order valence-corrected chi connectivity index (χ3v) is 8.14. The Kier molecular flexibility index (Phi) is 9.28. The number of alkyl halides is 6. The van der Waals surface area contributed by atoms with Gasteiger partial charge in [-0.05, 0) is 62.9 Å². The lowest BCUT2D eigenvalue weighted by Gasteiger charge is -2.44. The van der Waals surface area contributed by atoms with E-state index in [4.69, 9.17) is 0 Å². The Morgan fingerprint density at radius 1 is 1.02 bits per heavy atom. The molecule has 0 spiro atoms. The lowest BCUT2D eigenvalue weighted by molar-refractivity contribution is -0.274. The number of likely N-dealkylation sites (tertiary alicyclic amines) is 1. The quantitative estimate of drug-likeness (QED) is 0.225. The van der Waals surface area contributed by atoms with Gasteiger partial charge in [0.1, 0.15) is 17.0 Å². The summed E-state index contributed by atoms with van der Waals surface area (Å²) in [4.78, 5) is 26.1. The van der Waals surface area contributed by atoms with E-state index in [0.29, 0.717) is 32.2 Å². The predicted molar refractivity (Wildman–Crippen MR) is 151 cm³/mol. The number of carbonyl (C=O) groups excluding carboxylic acids is 2. The van der Waals surface area contributed by atoms with E-state index in [1.54, 1.807) is 0 Å². The van der Waals surface area contributed by atoms with E-state index in [2.05, 4.69) is 30.6 Å². The molecule has 0 bridgehead atoms. The van der Waals surface area contributed by atoms with E-state index in [9.17, 15) is 40.3 Å². The molecule has 1 aliphatic heterocycles. The van der Waals surface area contributed by atoms with Crippen molar-refractivity contribution >= 4 is 17.9 Å². The van der Waals surface area contributed by atoms with Gasteiger partial charge in [0.25, 0.3) is 5.91 Å². The number of benzene rings is 1. The molecule has 3 heterocycles. The number of aryl methyl sites for hydroxylation is 2. The maximum absolute atomic E-state index is 14.0. The van der Waals surface area contributed by atoms with Gasteiger partial charge in [-0.1, -0.05) is 16.9 Å². The number of unbranched alkanes of at least 4 members (excludes halogenated alkanes) is 1. The van der Waals surface area contributed by atoms with Crippen LogP contribution in [0.1, 0.15) is 59.7 Å². The predicted octanol–water partition coefficient (Wildman–Crippen LogP) is 5.05. The van der Waals surface area contributed by atoms with Crippen LogP contribution in [0.2, 0.25) is 0 Å². The zero-order valence-electron chi connectivity index (χ0n) is 25.3. The Labute approximate surface area is 264 Å². The van der Waals surface area contributed by atoms with E-state index in [0.717, 1.165) is 54.6 Å². The molecule has 252 valence electrons. The fourth-order valence-electron chi connectivity index (χ4n) is 5.20. The van der Waals surface area contributed by atoms with Gasteiger partial charge < -0.3 is 15.0 Å². The average Bonchev–Trinajstić information content (AvgIpc) is 3.60. The number of nitrogens with zero attached hydrogens (tertiary/aromatic N) is 6. The summed E-state index contributed by atoms with van der Waals surface area (Å²) in [6.07, 6.45) is -3.70. The van der Waals surface area contributed by atoms with Crippen LogP contribution in [0, 0.1) is 17.2 Å². The highest BCUT2D eigenvalue weighted by Crippen LogP contribution is 2.42. The van der Waals surface area contributed by atoms with Crippen molar-refractivity contribution in [1.29, 1.82) is 0 Å². The fraction of sp³-hybridized carbons (Fsp3) is 0.467. The van der Waals surface area contributed by atoms with Crippen LogP contribution >= 0.6 is 0 Å². The van der Waals surface area contributed by atoms with Crippen LogP contribution in [0.25, 0.3) is 6.08 Å². The molecular weight excluding hydrogens is 639 g/mol. The number of rotatable bonds is 11. The van der Waals surface area contributed by atoms with Crippen molar-refractivity contribution in [2.45, 2.75) is 65.2 Å². The summed E-state index contributed by atoms with van der Waals surface area (Å²) in [5, 5.41) is 18.7. The summed E-state index contributed by atoms with van der Waals surface area (Å²) in [7, 11) is 0. The minimum absolute atomic E-state index is 0.0273. The Morgan fingerprint density at radius 3 is 2.47 bits per heavy atom. The molecule has 1 aromatic carbocycles. The number of halogens is 7. The van der Waals surface area contributed by atoms with Gasteiger partial charge in [-0.25, -0.2) is 4.39 Å². The first-order valence-corrected chi connectivity index (χ1v) is 14.6. The van der Waals surface area contributed by atoms with Crippen molar-refractivity contribution in [3.05, 3.63) is 70.1 Å². The van der Waals surface area contributed by atoms with Crippen molar-refractivity contribution in [2.24, 2.45) is 11.3 Å². The van der Waals surface area contributed by atoms with Crippen LogP contribution in [0.4, 0.5) is 30.7 Å². The second-order valence-electron chi connectivity index (χ2n) is 12.0. The van der Waals surface area contributed by atoms with E-state index in [1.807, 2.05) is 12.1 Å². The molecule has 0 radical (unpaired) electrons. The number of carbonyl (C=O) groups is 2. The number of fused-ring (bicyclic) bond motifs is 1. The first kappa shape index (κ1) is 33.8. The SMILES string of the molecule is CC(C)(C(=O)N1CC(C2=Cc3cc(CCCCn4cc(C(=O)NCc5cc(OC(F)(F)F)ccc5F)nn4)nnc3C2)C1)C(F)(F)F. The third-order valence-electron chi connectivity index (χ3n) is 8.14. The maximum Gasteiger partial charge on any atom is 0.573 e. The molecule has 1 fully saturated rings. The number of hydrogen-bond donors (Lipinski definition) is 1. The molecule has 1 N–H and O–H groups in total. The van der Waals surface area contributed by atoms with Gasteiger partial charge in [-0.15, -0.1) is 18.3 Å². The summed E-state index contributed by atoms with van der Waals surface area (Å²) in [5.74, 6) is -3.08. The fourth-order valence-corrected chi connectivity index (χ4v) is 5.20. The van der Waals surface area contributed by atoms with Gasteiger partial charge >= 0.3 is 12.5 Å². The van der Waals surface area contributed by atoms with Crippen LogP contribution in [0.5, 0.6) is 5.75 Å². The highest BCUT2D eigenvalue weighted by Gasteiger charge is 2.56. The summed E-state index contributed by atoms with van der Waals surface area (Å²) in [6.45, 7) is 2.29. The molecule has 1 aliphatic carbocycles. The zero-order chi connectivity index (χ0) is 34.1. The normalized spacial score (nSPS) is 15.3. The molecule has 2 aromatic heterocycles. The molecule has 3 aromatic rings. The molecule has 5 rings (SSSR count). The molecule has 2 amide bonds. The van der Waals surface area contributed by atoms with Crippen LogP contribution in [0.3, 0.4) is 0 Å². The van der Waals surface area contributed by atoms with Gasteiger partial charge in [-0.3, -0.25) is 14.3 Å². The van der Waals surface area contributed by atoms with Gasteiger partial charge in [0.05, 0.1) is 17.6 Å². The lowest BCUT2D eigenvalue weighted by Crippen LogP contribution is -2.57. The molecule has 0 atom stereocenters. The van der Waals surface area contributed by atoms with Gasteiger partial charge in [-0.2, -0.15) is 23.4 Å². The number of aromatic nitrogens is 5. The number of hydrogen-bond acceptors (Lipinski definition) is 7. The minimum Gasteiger partial charge on any atom is -0.406 e. The second kappa shape index (κ2) is 12.9. The van der Waals surface area contributed by atoms with Crippen molar-refractivity contribution < 1.29 is 45.1 Å². The summed E-state index contributed by atoms with van der Waals surface area (Å²) in [5.41, 5.74) is 0.760. The zero-order valence-corrected chi connectivity index (χ0v) is 25.3. The average molecular weight is 670 g/mol. The van der Waals surface area contributed by atoms with Gasteiger partial charge in [0, 0.05) is 44.1 Å². The highest BCUT2D eigenvalue weighted by molar-refractivity contribution is 5.91. The van der Waals surface area contributed by atoms with Crippen molar-refractivity contribution in [1.82, 2.24) is 35.4 Å². The molecule has 0 saturated carbocycles. The van der Waals surface area contributed by atoms with Crippen LogP contribution in [-0.2, 0) is 30.7 Å². The van der Waals surface area contributed by atoms with Crippen LogP contribution in [-0.4, -0.2) is 67.5 Å². The van der Waals surface area contributed by atoms with Crippen molar-refractivity contribution in [3.8, 4) is 5.75 Å². The number of nitrogens with one attached hydrogen (secondary N) is 1. The first-order valence-electron chi connectivity index (χ1n) is 14.6. The lowest BCUT2D eigenvalue weighted by atomic mass is 9.84. The van der Waals surface area contributed by atoms with E-state index < -0.39 is 47.9 Å². The Balaban J connectivity index is 1.06. The van der Waals surface area contributed by atoms with Gasteiger partial charge in [0.2, 0.25) is 5.91 Å². The van der Waals surface area contributed by atoms with Gasteiger partial charge in [0.15, 0.2) is 5.69 Å². The number of ether oxygens (including phenoxy) is 1. The third kappa shape index (κ3) is 7.88. The molecular formula is C30H30F7N7O3. The highest BCUT2D eigenvalue weighted by atomic mass is 19.4. The Morgan fingerprint density at radius 2 is 1.77 bits per heavy atom. The number of amides is 2. The molecule has 10 nitrogen and oxygen atoms in total. The van der Waals surface area contributed by atoms with E-state index in [-0.39, 0.29) is 30.3 Å². The smallest absolute Gasteiger partial charge is 0.406 e. The molecule has 17 heteroatoms. The maximum atomic E-state index is 14.0. The Bertz CT molecular complexity index is 1680. The second-order valence-corrected chi connectivity index (χ2v) is 12.0. The Hall–Kier alpha value is -4.57. The first-order chi connectivity index (χ1) is 22.0. The van der Waals surface area contributed by atoms with Crippen LogP contribution in [0.15, 0.2) is 36.0 Å². The monoisotopic (exact) mass is 669 g/mol. The van der Waals surface area contributed by atoms with Crippen LogP contribution < -0.4 is 10.1 Å². The largest absolute Gasteiger partial charge is 0.573 e. The summed E-state index contributed by atoms with van der Waals surface area (Å²) < 4.78 is 96.3. The van der Waals surface area contributed by atoms with Crippen molar-refractivity contribution in [2.75, 3.05) is 13.1 Å². The molecule has 47 heavy (non-hydrogen) atoms. The van der Waals surface area contributed by atoms with E-state index >= 15 is 0 Å². The molecule has 1 saturated heterocycles. The summed E-state index contributed by atoms with van der Waals surface area (Å²) in [6, 6.07) is 4.41. The molecule has 0 unspecified atom stereocenters. The minimum atomic E-state index is -4.94. The van der Waals surface area contributed by atoms with Crippen molar-refractivity contribution in [3.63, 3.8) is 0 Å². The summed E-state index contributed by atoms with van der Waals surface area (Å²) >= 11 is 0.